The fourth-order valence-corrected chi connectivity index (χ4v) is 2.77. The zero-order valence-corrected chi connectivity index (χ0v) is 12.9. The van der Waals surface area contributed by atoms with Crippen LogP contribution in [0.5, 0.6) is 11.5 Å². The minimum Gasteiger partial charge on any atom is -0.504 e. The van der Waals surface area contributed by atoms with Crippen LogP contribution in [0.2, 0.25) is 0 Å². The third-order valence-electron chi connectivity index (χ3n) is 4.07. The van der Waals surface area contributed by atoms with Crippen molar-refractivity contribution in [3.8, 4) is 11.5 Å². The van der Waals surface area contributed by atoms with Crippen LogP contribution in [0.25, 0.3) is 0 Å². The van der Waals surface area contributed by atoms with Gasteiger partial charge in [0, 0.05) is 12.8 Å². The predicted octanol–water partition coefficient (Wildman–Crippen LogP) is 2.89. The van der Waals surface area contributed by atoms with Crippen LogP contribution in [0.15, 0.2) is 23.2 Å². The minimum absolute atomic E-state index is 0.0502. The molecular formula is C17H23NO4. The first-order chi connectivity index (χ1) is 10.6. The van der Waals surface area contributed by atoms with E-state index in [1.54, 1.807) is 12.3 Å². The standard InChI is InChI=1S/C17H23NO4/c1-2-22-17(21)14-6-3-12(4-7-14)10-18-11-13-5-8-15(19)16(20)9-13/h5,8-9,11-12,14,19-20H,2-4,6-7,10H2,1H3/t12-,14-. The number of aromatic hydroxyl groups is 2. The van der Waals surface area contributed by atoms with Crippen LogP contribution in [0.1, 0.15) is 38.2 Å². The van der Waals surface area contributed by atoms with Crippen molar-refractivity contribution >= 4 is 12.2 Å². The lowest BCUT2D eigenvalue weighted by atomic mass is 9.82. The molecule has 1 aromatic rings. The number of benzene rings is 1. The topological polar surface area (TPSA) is 79.1 Å². The Kier molecular flexibility index (Phi) is 5.81. The largest absolute Gasteiger partial charge is 0.504 e. The zero-order chi connectivity index (χ0) is 15.9. The molecule has 1 aromatic carbocycles. The van der Waals surface area contributed by atoms with Crippen molar-refractivity contribution in [1.29, 1.82) is 0 Å². The van der Waals surface area contributed by atoms with Gasteiger partial charge in [-0.3, -0.25) is 9.79 Å². The lowest BCUT2D eigenvalue weighted by molar-refractivity contribution is -0.149. The van der Waals surface area contributed by atoms with E-state index >= 15 is 0 Å². The first kappa shape index (κ1) is 16.3. The van der Waals surface area contributed by atoms with Gasteiger partial charge in [-0.05, 0) is 62.3 Å². The van der Waals surface area contributed by atoms with Crippen molar-refractivity contribution in [2.75, 3.05) is 13.2 Å². The molecule has 2 N–H and O–H groups in total. The quantitative estimate of drug-likeness (QED) is 0.498. The van der Waals surface area contributed by atoms with Crippen LogP contribution >= 0.6 is 0 Å². The SMILES string of the molecule is CCOC(=O)[C@H]1CC[C@H](CN=Cc2ccc(O)c(O)c2)CC1. The number of phenols is 2. The van der Waals surface area contributed by atoms with Gasteiger partial charge in [0.1, 0.15) is 0 Å². The predicted molar refractivity (Wildman–Crippen MR) is 84.3 cm³/mol. The van der Waals surface area contributed by atoms with E-state index in [-0.39, 0.29) is 23.4 Å². The highest BCUT2D eigenvalue weighted by Crippen LogP contribution is 2.30. The van der Waals surface area contributed by atoms with E-state index in [9.17, 15) is 15.0 Å². The molecule has 0 aliphatic heterocycles. The molecule has 2 rings (SSSR count). The molecule has 0 heterocycles. The normalized spacial score (nSPS) is 21.9. The van der Waals surface area contributed by atoms with E-state index in [1.165, 1.54) is 12.1 Å². The molecule has 5 heteroatoms. The van der Waals surface area contributed by atoms with Crippen LogP contribution in [-0.4, -0.2) is 35.5 Å². The van der Waals surface area contributed by atoms with Crippen molar-refractivity contribution in [2.45, 2.75) is 32.6 Å². The van der Waals surface area contributed by atoms with Gasteiger partial charge in [-0.2, -0.15) is 0 Å². The van der Waals surface area contributed by atoms with E-state index in [2.05, 4.69) is 4.99 Å². The van der Waals surface area contributed by atoms with Crippen LogP contribution < -0.4 is 0 Å². The monoisotopic (exact) mass is 305 g/mol. The highest BCUT2D eigenvalue weighted by molar-refractivity contribution is 5.80. The first-order valence-electron chi connectivity index (χ1n) is 7.78. The Hall–Kier alpha value is -2.04. The highest BCUT2D eigenvalue weighted by Gasteiger charge is 2.26. The summed E-state index contributed by atoms with van der Waals surface area (Å²) >= 11 is 0. The molecule has 0 spiro atoms. The van der Waals surface area contributed by atoms with Crippen LogP contribution in [0.3, 0.4) is 0 Å². The van der Waals surface area contributed by atoms with Crippen LogP contribution in [-0.2, 0) is 9.53 Å². The van der Waals surface area contributed by atoms with Crippen molar-refractivity contribution < 1.29 is 19.7 Å². The fraction of sp³-hybridized carbons (Fsp3) is 0.529. The van der Waals surface area contributed by atoms with E-state index < -0.39 is 0 Å². The second kappa shape index (κ2) is 7.82. The third-order valence-corrected chi connectivity index (χ3v) is 4.07. The summed E-state index contributed by atoms with van der Waals surface area (Å²) < 4.78 is 5.06. The minimum atomic E-state index is -0.140. The van der Waals surface area contributed by atoms with Gasteiger partial charge in [0.05, 0.1) is 12.5 Å². The summed E-state index contributed by atoms with van der Waals surface area (Å²) in [6.45, 7) is 3.00. The fourth-order valence-electron chi connectivity index (χ4n) is 2.77. The molecule has 120 valence electrons. The van der Waals surface area contributed by atoms with Crippen LogP contribution in [0.4, 0.5) is 0 Å². The van der Waals surface area contributed by atoms with Crippen molar-refractivity contribution in [3.05, 3.63) is 23.8 Å². The molecule has 1 aliphatic carbocycles. The summed E-state index contributed by atoms with van der Waals surface area (Å²) in [6, 6.07) is 4.63. The van der Waals surface area contributed by atoms with Crippen molar-refractivity contribution in [1.82, 2.24) is 0 Å². The Labute approximate surface area is 130 Å². The lowest BCUT2D eigenvalue weighted by Gasteiger charge is -2.25. The second-order valence-electron chi connectivity index (χ2n) is 5.71. The Balaban J connectivity index is 1.77. The van der Waals surface area contributed by atoms with Gasteiger partial charge in [-0.1, -0.05) is 0 Å². The molecule has 5 nitrogen and oxygen atoms in total. The number of hydrogen-bond donors (Lipinski definition) is 2. The van der Waals surface area contributed by atoms with Gasteiger partial charge in [0.15, 0.2) is 11.5 Å². The molecule has 1 saturated carbocycles. The molecule has 0 atom stereocenters. The number of ether oxygens (including phenoxy) is 1. The molecule has 1 fully saturated rings. The average Bonchev–Trinajstić information content (AvgIpc) is 2.52. The molecule has 0 radical (unpaired) electrons. The maximum Gasteiger partial charge on any atom is 0.308 e. The number of phenolic OH excluding ortho intramolecular Hbond substituents is 2. The molecule has 1 aliphatic rings. The summed E-state index contributed by atoms with van der Waals surface area (Å²) in [5, 5.41) is 18.7. The Bertz CT molecular complexity index is 533. The summed E-state index contributed by atoms with van der Waals surface area (Å²) in [7, 11) is 0. The number of esters is 1. The van der Waals surface area contributed by atoms with Crippen molar-refractivity contribution in [3.63, 3.8) is 0 Å². The average molecular weight is 305 g/mol. The summed E-state index contributed by atoms with van der Waals surface area (Å²) in [5.74, 6) is 0.208. The summed E-state index contributed by atoms with van der Waals surface area (Å²) in [6.07, 6.45) is 5.43. The second-order valence-corrected chi connectivity index (χ2v) is 5.71. The number of nitrogens with zero attached hydrogens (tertiary/aromatic N) is 1. The van der Waals surface area contributed by atoms with Crippen molar-refractivity contribution in [2.24, 2.45) is 16.8 Å². The Morgan fingerprint density at radius 1 is 1.27 bits per heavy atom. The lowest BCUT2D eigenvalue weighted by Crippen LogP contribution is -2.24. The molecule has 0 aromatic heterocycles. The van der Waals surface area contributed by atoms with Gasteiger partial charge in [0.25, 0.3) is 0 Å². The first-order valence-corrected chi connectivity index (χ1v) is 7.78. The summed E-state index contributed by atoms with van der Waals surface area (Å²) in [5.41, 5.74) is 0.760. The number of rotatable bonds is 5. The molecular weight excluding hydrogens is 282 g/mol. The molecule has 0 unspecified atom stereocenters. The van der Waals surface area contributed by atoms with Gasteiger partial charge in [-0.15, -0.1) is 0 Å². The number of aliphatic imine (C=N–C) groups is 1. The Morgan fingerprint density at radius 3 is 2.64 bits per heavy atom. The van der Waals surface area contributed by atoms with Gasteiger partial charge >= 0.3 is 5.97 Å². The van der Waals surface area contributed by atoms with E-state index in [1.807, 2.05) is 6.92 Å². The molecule has 0 bridgehead atoms. The number of carbonyl (C=O) groups excluding carboxylic acids is 1. The smallest absolute Gasteiger partial charge is 0.308 e. The van der Waals surface area contributed by atoms with E-state index in [0.717, 1.165) is 37.8 Å². The van der Waals surface area contributed by atoms with Gasteiger partial charge in [0.2, 0.25) is 0 Å². The number of carbonyl (C=O) groups is 1. The maximum atomic E-state index is 11.7. The molecule has 22 heavy (non-hydrogen) atoms. The summed E-state index contributed by atoms with van der Waals surface area (Å²) in [4.78, 5) is 16.1. The van der Waals surface area contributed by atoms with Gasteiger partial charge < -0.3 is 14.9 Å². The van der Waals surface area contributed by atoms with E-state index in [4.69, 9.17) is 4.74 Å². The van der Waals surface area contributed by atoms with Crippen LogP contribution in [0, 0.1) is 11.8 Å². The molecule has 0 amide bonds. The molecule has 0 saturated heterocycles. The highest BCUT2D eigenvalue weighted by atomic mass is 16.5. The Morgan fingerprint density at radius 2 is 2.00 bits per heavy atom. The van der Waals surface area contributed by atoms with Gasteiger partial charge in [-0.25, -0.2) is 0 Å². The number of hydrogen-bond acceptors (Lipinski definition) is 5. The zero-order valence-electron chi connectivity index (χ0n) is 12.9. The maximum absolute atomic E-state index is 11.7. The van der Waals surface area contributed by atoms with E-state index in [0.29, 0.717) is 12.5 Å². The third kappa shape index (κ3) is 4.48.